The molecule has 6 heteroatoms. The molecule has 3 aromatic rings. The van der Waals surface area contributed by atoms with Crippen molar-refractivity contribution in [1.29, 1.82) is 0 Å². The van der Waals surface area contributed by atoms with E-state index in [9.17, 15) is 4.79 Å². The molecule has 0 aliphatic heterocycles. The van der Waals surface area contributed by atoms with Crippen molar-refractivity contribution in [2.45, 2.75) is 13.5 Å². The van der Waals surface area contributed by atoms with Gasteiger partial charge >= 0.3 is 0 Å². The summed E-state index contributed by atoms with van der Waals surface area (Å²) in [6.45, 7) is 2.68. The highest BCUT2D eigenvalue weighted by molar-refractivity contribution is 6.06. The van der Waals surface area contributed by atoms with Crippen molar-refractivity contribution in [1.82, 2.24) is 19.8 Å². The fourth-order valence-electron chi connectivity index (χ4n) is 2.47. The van der Waals surface area contributed by atoms with Gasteiger partial charge in [-0.1, -0.05) is 30.3 Å². The maximum Gasteiger partial charge on any atom is 0.278 e. The number of amides is 1. The predicted molar refractivity (Wildman–Crippen MR) is 87.7 cm³/mol. The van der Waals surface area contributed by atoms with Crippen LogP contribution in [0.2, 0.25) is 0 Å². The first kappa shape index (κ1) is 15.2. The Kier molecular flexibility index (Phi) is 4.08. The number of hydrogen-bond acceptors (Lipinski definition) is 4. The van der Waals surface area contributed by atoms with E-state index in [2.05, 4.69) is 5.10 Å². The van der Waals surface area contributed by atoms with Gasteiger partial charge in [-0.2, -0.15) is 5.10 Å². The van der Waals surface area contributed by atoms with Gasteiger partial charge < -0.3 is 0 Å². The Morgan fingerprint density at radius 3 is 2.70 bits per heavy atom. The molecule has 0 atom stereocenters. The highest BCUT2D eigenvalue weighted by Gasteiger charge is 2.19. The van der Waals surface area contributed by atoms with Gasteiger partial charge in [0.25, 0.3) is 5.91 Å². The first-order valence-corrected chi connectivity index (χ1v) is 7.39. The van der Waals surface area contributed by atoms with E-state index in [1.165, 1.54) is 12.2 Å². The summed E-state index contributed by atoms with van der Waals surface area (Å²) in [6.07, 6.45) is 1.68. The van der Waals surface area contributed by atoms with Crippen LogP contribution >= 0.6 is 0 Å². The average molecular weight is 310 g/mol. The fourth-order valence-corrected chi connectivity index (χ4v) is 2.47. The lowest BCUT2D eigenvalue weighted by atomic mass is 10.1. The Morgan fingerprint density at radius 2 is 2.04 bits per heavy atom. The molecule has 118 valence electrons. The highest BCUT2D eigenvalue weighted by Crippen LogP contribution is 2.25. The summed E-state index contributed by atoms with van der Waals surface area (Å²) in [7, 11) is 3.05. The zero-order valence-electron chi connectivity index (χ0n) is 13.4. The number of rotatable bonds is 4. The zero-order valence-corrected chi connectivity index (χ0v) is 13.4. The van der Waals surface area contributed by atoms with Gasteiger partial charge in [0.05, 0.1) is 30.0 Å². The van der Waals surface area contributed by atoms with E-state index in [1.807, 2.05) is 37.3 Å². The van der Waals surface area contributed by atoms with E-state index in [-0.39, 0.29) is 5.91 Å². The molecule has 23 heavy (non-hydrogen) atoms. The van der Waals surface area contributed by atoms with Crippen molar-refractivity contribution in [2.24, 2.45) is 0 Å². The molecule has 0 bridgehead atoms. The van der Waals surface area contributed by atoms with Crippen LogP contribution in [0.4, 0.5) is 0 Å². The summed E-state index contributed by atoms with van der Waals surface area (Å²) >= 11 is 0. The van der Waals surface area contributed by atoms with Gasteiger partial charge in [-0.05, 0) is 13.0 Å². The molecule has 6 nitrogen and oxygen atoms in total. The number of nitrogens with zero attached hydrogens (tertiary/aromatic N) is 4. The van der Waals surface area contributed by atoms with Crippen molar-refractivity contribution in [3.05, 3.63) is 48.2 Å². The first-order chi connectivity index (χ1) is 11.2. The minimum atomic E-state index is -0.229. The van der Waals surface area contributed by atoms with E-state index in [0.29, 0.717) is 17.8 Å². The average Bonchev–Trinajstić information content (AvgIpc) is 3.03. The number of hydroxylamine groups is 2. The highest BCUT2D eigenvalue weighted by atomic mass is 16.7. The van der Waals surface area contributed by atoms with Crippen molar-refractivity contribution >= 4 is 16.9 Å². The molecule has 0 N–H and O–H groups in total. The van der Waals surface area contributed by atoms with Crippen LogP contribution in [0.3, 0.4) is 0 Å². The molecule has 0 radical (unpaired) electrons. The van der Waals surface area contributed by atoms with Crippen LogP contribution in [-0.2, 0) is 11.4 Å². The Bertz CT molecular complexity index is 842. The van der Waals surface area contributed by atoms with Crippen molar-refractivity contribution < 1.29 is 9.63 Å². The Morgan fingerprint density at radius 1 is 1.30 bits per heavy atom. The van der Waals surface area contributed by atoms with Crippen molar-refractivity contribution in [2.75, 3.05) is 14.2 Å². The SMILES string of the molecule is CCn1ncc2c(C(=O)N(C)OC)cc(-c3ccccc3)nc21. The number of pyridine rings is 1. The summed E-state index contributed by atoms with van der Waals surface area (Å²) in [4.78, 5) is 22.3. The van der Waals surface area contributed by atoms with Crippen LogP contribution in [0.25, 0.3) is 22.3 Å². The predicted octanol–water partition coefficient (Wildman–Crippen LogP) is 2.75. The molecule has 0 aliphatic carbocycles. The van der Waals surface area contributed by atoms with Gasteiger partial charge in [-0.15, -0.1) is 0 Å². The topological polar surface area (TPSA) is 60.2 Å². The Balaban J connectivity index is 2.25. The van der Waals surface area contributed by atoms with Crippen molar-refractivity contribution in [3.8, 4) is 11.3 Å². The minimum absolute atomic E-state index is 0.229. The van der Waals surface area contributed by atoms with E-state index in [1.54, 1.807) is 24.0 Å². The number of aryl methyl sites for hydroxylation is 1. The van der Waals surface area contributed by atoms with Crippen LogP contribution < -0.4 is 0 Å². The maximum absolute atomic E-state index is 12.6. The van der Waals surface area contributed by atoms with Gasteiger partial charge in [0.15, 0.2) is 5.65 Å². The second kappa shape index (κ2) is 6.18. The van der Waals surface area contributed by atoms with Gasteiger partial charge in [0.2, 0.25) is 0 Å². The van der Waals surface area contributed by atoms with E-state index >= 15 is 0 Å². The summed E-state index contributed by atoms with van der Waals surface area (Å²) < 4.78 is 1.78. The smallest absolute Gasteiger partial charge is 0.274 e. The Hall–Kier alpha value is -2.73. The molecule has 3 rings (SSSR count). The number of carbonyl (C=O) groups excluding carboxylic acids is 1. The number of aromatic nitrogens is 3. The lowest BCUT2D eigenvalue weighted by Crippen LogP contribution is -2.25. The number of benzene rings is 1. The van der Waals surface area contributed by atoms with E-state index in [4.69, 9.17) is 9.82 Å². The zero-order chi connectivity index (χ0) is 16.4. The van der Waals surface area contributed by atoms with Gasteiger partial charge in [-0.3, -0.25) is 9.63 Å². The quantitative estimate of drug-likeness (QED) is 0.695. The number of carbonyl (C=O) groups is 1. The van der Waals surface area contributed by atoms with Crippen LogP contribution in [0.5, 0.6) is 0 Å². The standard InChI is InChI=1S/C17H18N4O2/c1-4-21-16-14(11-18-21)13(17(22)20(2)23-3)10-15(19-16)12-8-6-5-7-9-12/h5-11H,4H2,1-3H3. The third kappa shape index (κ3) is 2.68. The molecule has 0 fully saturated rings. The summed E-state index contributed by atoms with van der Waals surface area (Å²) in [5, 5.41) is 6.24. The molecule has 0 spiro atoms. The Labute approximate surface area is 134 Å². The van der Waals surface area contributed by atoms with Crippen LogP contribution in [-0.4, -0.2) is 39.9 Å². The molecule has 2 aromatic heterocycles. The molecular weight excluding hydrogens is 292 g/mol. The maximum atomic E-state index is 12.6. The molecule has 0 aliphatic rings. The second-order valence-corrected chi connectivity index (χ2v) is 5.10. The molecule has 1 aromatic carbocycles. The lowest BCUT2D eigenvalue weighted by molar-refractivity contribution is -0.0755. The number of fused-ring (bicyclic) bond motifs is 1. The summed E-state index contributed by atoms with van der Waals surface area (Å²) in [5.74, 6) is -0.229. The summed E-state index contributed by atoms with van der Waals surface area (Å²) in [6, 6.07) is 11.6. The van der Waals surface area contributed by atoms with Crippen LogP contribution in [0.15, 0.2) is 42.6 Å². The molecular formula is C17H18N4O2. The fraction of sp³-hybridized carbons (Fsp3) is 0.235. The lowest BCUT2D eigenvalue weighted by Gasteiger charge is -2.15. The monoisotopic (exact) mass is 310 g/mol. The van der Waals surface area contributed by atoms with Gasteiger partial charge in [0.1, 0.15) is 0 Å². The van der Waals surface area contributed by atoms with Crippen LogP contribution in [0.1, 0.15) is 17.3 Å². The normalized spacial score (nSPS) is 10.9. The third-order valence-corrected chi connectivity index (χ3v) is 3.77. The van der Waals surface area contributed by atoms with Crippen LogP contribution in [0, 0.1) is 0 Å². The van der Waals surface area contributed by atoms with E-state index in [0.717, 1.165) is 16.6 Å². The van der Waals surface area contributed by atoms with E-state index < -0.39 is 0 Å². The van der Waals surface area contributed by atoms with Gasteiger partial charge in [0, 0.05) is 19.2 Å². The second-order valence-electron chi connectivity index (χ2n) is 5.10. The number of hydrogen-bond donors (Lipinski definition) is 0. The third-order valence-electron chi connectivity index (χ3n) is 3.77. The van der Waals surface area contributed by atoms with Gasteiger partial charge in [-0.25, -0.2) is 14.7 Å². The molecule has 0 unspecified atom stereocenters. The molecule has 0 saturated heterocycles. The first-order valence-electron chi connectivity index (χ1n) is 7.39. The molecule has 2 heterocycles. The minimum Gasteiger partial charge on any atom is -0.274 e. The summed E-state index contributed by atoms with van der Waals surface area (Å²) in [5.41, 5.74) is 2.91. The molecule has 1 amide bonds. The van der Waals surface area contributed by atoms with Crippen molar-refractivity contribution in [3.63, 3.8) is 0 Å². The largest absolute Gasteiger partial charge is 0.278 e. The molecule has 0 saturated carbocycles.